The molecule has 2 aromatic rings. The normalized spacial score (nSPS) is 10.7. The highest BCUT2D eigenvalue weighted by molar-refractivity contribution is 5.91. The van der Waals surface area contributed by atoms with E-state index >= 15 is 0 Å². The molecule has 2 N–H and O–H groups in total. The number of benzene rings is 2. The Hall–Kier alpha value is -2.49. The molecule has 0 amide bonds. The molecule has 0 bridgehead atoms. The van der Waals surface area contributed by atoms with Crippen LogP contribution in [-0.2, 0) is 0 Å². The van der Waals surface area contributed by atoms with Gasteiger partial charge in [0.2, 0.25) is 0 Å². The molecule has 0 spiro atoms. The molecule has 0 saturated heterocycles. The Morgan fingerprint density at radius 3 is 1.83 bits per heavy atom. The largest absolute Gasteiger partial charge is 0.494 e. The van der Waals surface area contributed by atoms with E-state index in [0.29, 0.717) is 17.0 Å². The van der Waals surface area contributed by atoms with Crippen LogP contribution in [0.25, 0.3) is 0 Å². The van der Waals surface area contributed by atoms with Crippen molar-refractivity contribution in [2.75, 3.05) is 12.3 Å². The fourth-order valence-electron chi connectivity index (χ4n) is 3.17. The summed E-state index contributed by atoms with van der Waals surface area (Å²) in [6.07, 6.45) is 13.1. The number of nitrogens with two attached hydrogens (primary N) is 1. The molecule has 4 heteroatoms. The van der Waals surface area contributed by atoms with Gasteiger partial charge < -0.3 is 15.2 Å². The maximum atomic E-state index is 12.1. The number of ether oxygens (including phenoxy) is 2. The lowest BCUT2D eigenvalue weighted by atomic mass is 10.1. The van der Waals surface area contributed by atoms with Gasteiger partial charge in [-0.3, -0.25) is 0 Å². The monoisotopic (exact) mass is 397 g/mol. The number of esters is 1. The predicted molar refractivity (Wildman–Crippen MR) is 120 cm³/mol. The second-order valence-corrected chi connectivity index (χ2v) is 7.51. The Balaban J connectivity index is 1.56. The number of carbonyl (C=O) groups excluding carboxylic acids is 1. The van der Waals surface area contributed by atoms with Gasteiger partial charge >= 0.3 is 5.97 Å². The van der Waals surface area contributed by atoms with E-state index in [1.165, 1.54) is 57.8 Å². The van der Waals surface area contributed by atoms with Crippen molar-refractivity contribution in [1.29, 1.82) is 0 Å². The summed E-state index contributed by atoms with van der Waals surface area (Å²) in [5.74, 6) is 0.898. The van der Waals surface area contributed by atoms with Crippen LogP contribution in [0.2, 0.25) is 0 Å². The first-order chi connectivity index (χ1) is 14.2. The highest BCUT2D eigenvalue weighted by atomic mass is 16.5. The van der Waals surface area contributed by atoms with E-state index in [-0.39, 0.29) is 0 Å². The number of hydrogen-bond donors (Lipinski definition) is 1. The van der Waals surface area contributed by atoms with Crippen molar-refractivity contribution in [2.45, 2.75) is 71.1 Å². The van der Waals surface area contributed by atoms with Crippen molar-refractivity contribution in [3.8, 4) is 11.5 Å². The predicted octanol–water partition coefficient (Wildman–Crippen LogP) is 6.79. The van der Waals surface area contributed by atoms with E-state index in [1.807, 2.05) is 12.1 Å². The molecule has 0 radical (unpaired) electrons. The fourth-order valence-corrected chi connectivity index (χ4v) is 3.17. The van der Waals surface area contributed by atoms with Crippen molar-refractivity contribution in [2.24, 2.45) is 0 Å². The molecule has 158 valence electrons. The van der Waals surface area contributed by atoms with Crippen molar-refractivity contribution in [3.05, 3.63) is 54.1 Å². The van der Waals surface area contributed by atoms with Crippen LogP contribution in [-0.4, -0.2) is 12.6 Å². The van der Waals surface area contributed by atoms with E-state index in [4.69, 9.17) is 15.2 Å². The zero-order chi connectivity index (χ0) is 20.7. The average Bonchev–Trinajstić information content (AvgIpc) is 2.73. The Morgan fingerprint density at radius 1 is 0.724 bits per heavy atom. The SMILES string of the molecule is CCCCCCCCCCCCOc1ccc(OC(=O)c2ccc(N)cc2)cc1. The zero-order valence-corrected chi connectivity index (χ0v) is 17.7. The second-order valence-electron chi connectivity index (χ2n) is 7.51. The summed E-state index contributed by atoms with van der Waals surface area (Å²) >= 11 is 0. The summed E-state index contributed by atoms with van der Waals surface area (Å²) in [7, 11) is 0. The first-order valence-electron chi connectivity index (χ1n) is 11.0. The molecule has 0 aromatic heterocycles. The first-order valence-corrected chi connectivity index (χ1v) is 11.0. The third-order valence-electron chi connectivity index (χ3n) is 4.95. The number of rotatable bonds is 14. The third kappa shape index (κ3) is 9.51. The highest BCUT2D eigenvalue weighted by Gasteiger charge is 2.08. The van der Waals surface area contributed by atoms with Crippen LogP contribution in [0.4, 0.5) is 5.69 Å². The Bertz CT molecular complexity index is 695. The number of hydrogen-bond acceptors (Lipinski definition) is 4. The van der Waals surface area contributed by atoms with Gasteiger partial charge in [0, 0.05) is 5.69 Å². The fraction of sp³-hybridized carbons (Fsp3) is 0.480. The highest BCUT2D eigenvalue weighted by Crippen LogP contribution is 2.19. The molecule has 0 aliphatic heterocycles. The Labute approximate surface area is 175 Å². The first kappa shape index (κ1) is 22.8. The summed E-state index contributed by atoms with van der Waals surface area (Å²) in [4.78, 5) is 12.1. The Kier molecular flexibility index (Phi) is 10.7. The summed E-state index contributed by atoms with van der Waals surface area (Å²) in [5.41, 5.74) is 6.72. The molecular weight excluding hydrogens is 362 g/mol. The van der Waals surface area contributed by atoms with Gasteiger partial charge in [-0.05, 0) is 55.0 Å². The molecule has 0 fully saturated rings. The topological polar surface area (TPSA) is 61.5 Å². The van der Waals surface area contributed by atoms with Crippen molar-refractivity contribution in [3.63, 3.8) is 0 Å². The van der Waals surface area contributed by atoms with Gasteiger partial charge in [0.25, 0.3) is 0 Å². The van der Waals surface area contributed by atoms with Gasteiger partial charge in [-0.1, -0.05) is 64.7 Å². The van der Waals surface area contributed by atoms with E-state index in [0.717, 1.165) is 18.8 Å². The maximum Gasteiger partial charge on any atom is 0.343 e. The number of unbranched alkanes of at least 4 members (excludes halogenated alkanes) is 9. The van der Waals surface area contributed by atoms with Gasteiger partial charge in [0.05, 0.1) is 12.2 Å². The van der Waals surface area contributed by atoms with Gasteiger partial charge in [0.15, 0.2) is 0 Å². The second kappa shape index (κ2) is 13.6. The average molecular weight is 398 g/mol. The summed E-state index contributed by atoms with van der Waals surface area (Å²) in [6, 6.07) is 13.8. The number of carbonyl (C=O) groups is 1. The summed E-state index contributed by atoms with van der Waals surface area (Å²) in [6.45, 7) is 2.98. The minimum atomic E-state index is -0.399. The third-order valence-corrected chi connectivity index (χ3v) is 4.95. The van der Waals surface area contributed by atoms with E-state index in [9.17, 15) is 4.79 Å². The smallest absolute Gasteiger partial charge is 0.343 e. The molecule has 2 aromatic carbocycles. The van der Waals surface area contributed by atoms with Gasteiger partial charge in [-0.15, -0.1) is 0 Å². The molecular formula is C25H35NO3. The number of anilines is 1. The lowest BCUT2D eigenvalue weighted by Crippen LogP contribution is -2.08. The molecule has 0 heterocycles. The van der Waals surface area contributed by atoms with Gasteiger partial charge in [-0.25, -0.2) is 4.79 Å². The summed E-state index contributed by atoms with van der Waals surface area (Å²) in [5, 5.41) is 0. The van der Waals surface area contributed by atoms with E-state index in [2.05, 4.69) is 6.92 Å². The van der Waals surface area contributed by atoms with Crippen LogP contribution in [0.15, 0.2) is 48.5 Å². The molecule has 0 unspecified atom stereocenters. The standard InChI is InChI=1S/C25H35NO3/c1-2-3-4-5-6-7-8-9-10-11-20-28-23-16-18-24(19-17-23)29-25(27)21-12-14-22(26)15-13-21/h12-19H,2-11,20,26H2,1H3. The van der Waals surface area contributed by atoms with E-state index in [1.54, 1.807) is 36.4 Å². The van der Waals surface area contributed by atoms with Gasteiger partial charge in [-0.2, -0.15) is 0 Å². The molecule has 0 atom stereocenters. The summed E-state index contributed by atoms with van der Waals surface area (Å²) < 4.78 is 11.2. The minimum Gasteiger partial charge on any atom is -0.494 e. The van der Waals surface area contributed by atoms with Crippen LogP contribution < -0.4 is 15.2 Å². The molecule has 0 aliphatic rings. The molecule has 0 aliphatic carbocycles. The molecule has 2 rings (SSSR count). The van der Waals surface area contributed by atoms with Crippen molar-refractivity contribution in [1.82, 2.24) is 0 Å². The quantitative estimate of drug-likeness (QED) is 0.165. The van der Waals surface area contributed by atoms with Crippen LogP contribution in [0.1, 0.15) is 81.5 Å². The maximum absolute atomic E-state index is 12.1. The lowest BCUT2D eigenvalue weighted by molar-refractivity contribution is 0.0734. The van der Waals surface area contributed by atoms with E-state index < -0.39 is 5.97 Å². The molecule has 29 heavy (non-hydrogen) atoms. The van der Waals surface area contributed by atoms with Crippen LogP contribution in [0, 0.1) is 0 Å². The van der Waals surface area contributed by atoms with Crippen LogP contribution >= 0.6 is 0 Å². The van der Waals surface area contributed by atoms with Crippen LogP contribution in [0.3, 0.4) is 0 Å². The van der Waals surface area contributed by atoms with Crippen molar-refractivity contribution >= 4 is 11.7 Å². The lowest BCUT2D eigenvalue weighted by Gasteiger charge is -2.08. The van der Waals surface area contributed by atoms with Crippen LogP contribution in [0.5, 0.6) is 11.5 Å². The minimum absolute atomic E-state index is 0.399. The molecule has 4 nitrogen and oxygen atoms in total. The van der Waals surface area contributed by atoms with Gasteiger partial charge in [0.1, 0.15) is 11.5 Å². The molecule has 0 saturated carbocycles. The Morgan fingerprint density at radius 2 is 1.24 bits per heavy atom. The number of nitrogen functional groups attached to an aromatic ring is 1. The van der Waals surface area contributed by atoms with Crippen molar-refractivity contribution < 1.29 is 14.3 Å². The zero-order valence-electron chi connectivity index (χ0n) is 17.7.